The molecule has 1 aromatic rings. The Morgan fingerprint density at radius 2 is 1.88 bits per heavy atom. The second-order valence-electron chi connectivity index (χ2n) is 4.12. The minimum absolute atomic E-state index is 0.633. The summed E-state index contributed by atoms with van der Waals surface area (Å²) >= 11 is 6.33. The zero-order valence-corrected chi connectivity index (χ0v) is 10.7. The first-order valence-electron chi connectivity index (χ1n) is 5.66. The van der Waals surface area contributed by atoms with E-state index in [1.54, 1.807) is 14.2 Å². The zero-order chi connectivity index (χ0) is 11.7. The Morgan fingerprint density at radius 1 is 1.25 bits per heavy atom. The molecule has 0 atom stereocenters. The molecule has 1 aromatic carbocycles. The van der Waals surface area contributed by atoms with Gasteiger partial charge in [-0.15, -0.1) is 0 Å². The Morgan fingerprint density at radius 3 is 2.31 bits per heavy atom. The van der Waals surface area contributed by atoms with Gasteiger partial charge in [-0.25, -0.2) is 0 Å². The summed E-state index contributed by atoms with van der Waals surface area (Å²) in [5.41, 5.74) is 2.47. The predicted octanol–water partition coefficient (Wildman–Crippen LogP) is 3.80. The van der Waals surface area contributed by atoms with Crippen LogP contribution in [0.2, 0.25) is 5.02 Å². The van der Waals surface area contributed by atoms with Crippen molar-refractivity contribution in [2.45, 2.75) is 32.1 Å². The Balaban J connectivity index is 2.59. The molecule has 88 valence electrons. The summed E-state index contributed by atoms with van der Waals surface area (Å²) in [6.07, 6.45) is 3.40. The predicted molar refractivity (Wildman–Crippen MR) is 65.9 cm³/mol. The van der Waals surface area contributed by atoms with Gasteiger partial charge in [-0.2, -0.15) is 0 Å². The number of hydrogen-bond donors (Lipinski definition) is 0. The summed E-state index contributed by atoms with van der Waals surface area (Å²) in [5, 5.41) is 0.743. The summed E-state index contributed by atoms with van der Waals surface area (Å²) in [7, 11) is 3.34. The highest BCUT2D eigenvalue weighted by atomic mass is 35.5. The van der Waals surface area contributed by atoms with Crippen molar-refractivity contribution >= 4 is 11.6 Å². The largest absolute Gasteiger partial charge is 0.496 e. The maximum absolute atomic E-state index is 6.33. The first-order chi connectivity index (χ1) is 7.72. The molecule has 2 nitrogen and oxygen atoms in total. The van der Waals surface area contributed by atoms with E-state index in [2.05, 4.69) is 6.92 Å². The molecule has 3 heteroatoms. The lowest BCUT2D eigenvalue weighted by molar-refractivity contribution is 0.390. The molecule has 0 heterocycles. The van der Waals surface area contributed by atoms with Crippen molar-refractivity contribution in [2.75, 3.05) is 14.2 Å². The average molecular weight is 241 g/mol. The third-order valence-corrected chi connectivity index (χ3v) is 3.53. The van der Waals surface area contributed by atoms with Crippen LogP contribution in [-0.4, -0.2) is 14.2 Å². The Kier molecular flexibility index (Phi) is 3.29. The summed E-state index contributed by atoms with van der Waals surface area (Å²) in [4.78, 5) is 0. The van der Waals surface area contributed by atoms with Gasteiger partial charge in [0, 0.05) is 11.6 Å². The Hall–Kier alpha value is -0.890. The number of benzene rings is 1. The van der Waals surface area contributed by atoms with Crippen LogP contribution < -0.4 is 9.47 Å². The molecule has 0 radical (unpaired) electrons. The molecule has 1 saturated carbocycles. The van der Waals surface area contributed by atoms with Crippen molar-refractivity contribution in [3.8, 4) is 11.5 Å². The molecule has 0 aromatic heterocycles. The van der Waals surface area contributed by atoms with Crippen molar-refractivity contribution in [1.82, 2.24) is 0 Å². The van der Waals surface area contributed by atoms with Gasteiger partial charge in [-0.05, 0) is 30.7 Å². The van der Waals surface area contributed by atoms with Crippen molar-refractivity contribution < 1.29 is 9.47 Å². The fraction of sp³-hybridized carbons (Fsp3) is 0.538. The highest BCUT2D eigenvalue weighted by molar-refractivity contribution is 6.33. The normalized spacial score (nSPS) is 15.0. The number of hydrogen-bond acceptors (Lipinski definition) is 2. The van der Waals surface area contributed by atoms with Crippen LogP contribution in [0.25, 0.3) is 0 Å². The second kappa shape index (κ2) is 4.54. The maximum Gasteiger partial charge on any atom is 0.141 e. The van der Waals surface area contributed by atoms with Crippen LogP contribution in [0.4, 0.5) is 0 Å². The molecule has 1 aliphatic rings. The van der Waals surface area contributed by atoms with Gasteiger partial charge in [0.25, 0.3) is 0 Å². The molecular weight excluding hydrogens is 224 g/mol. The smallest absolute Gasteiger partial charge is 0.141 e. The van der Waals surface area contributed by atoms with Crippen LogP contribution in [-0.2, 0) is 6.42 Å². The molecule has 16 heavy (non-hydrogen) atoms. The van der Waals surface area contributed by atoms with Gasteiger partial charge >= 0.3 is 0 Å². The van der Waals surface area contributed by atoms with Gasteiger partial charge in [0.2, 0.25) is 0 Å². The van der Waals surface area contributed by atoms with E-state index >= 15 is 0 Å². The van der Waals surface area contributed by atoms with Crippen LogP contribution in [0, 0.1) is 0 Å². The first-order valence-corrected chi connectivity index (χ1v) is 6.03. The van der Waals surface area contributed by atoms with Gasteiger partial charge in [-0.1, -0.05) is 18.5 Å². The van der Waals surface area contributed by atoms with E-state index in [0.717, 1.165) is 17.2 Å². The zero-order valence-electron chi connectivity index (χ0n) is 9.97. The van der Waals surface area contributed by atoms with E-state index in [0.29, 0.717) is 11.7 Å². The molecule has 0 N–H and O–H groups in total. The number of halogens is 1. The van der Waals surface area contributed by atoms with Crippen LogP contribution >= 0.6 is 11.6 Å². The van der Waals surface area contributed by atoms with Gasteiger partial charge < -0.3 is 9.47 Å². The number of ether oxygens (including phenoxy) is 2. The van der Waals surface area contributed by atoms with E-state index in [1.165, 1.54) is 24.0 Å². The molecule has 1 fully saturated rings. The van der Waals surface area contributed by atoms with Crippen LogP contribution in [0.15, 0.2) is 6.07 Å². The van der Waals surface area contributed by atoms with Crippen LogP contribution in [0.5, 0.6) is 11.5 Å². The van der Waals surface area contributed by atoms with Crippen molar-refractivity contribution in [3.63, 3.8) is 0 Å². The monoisotopic (exact) mass is 240 g/mol. The van der Waals surface area contributed by atoms with Gasteiger partial charge in [0.1, 0.15) is 11.5 Å². The van der Waals surface area contributed by atoms with Gasteiger partial charge in [0.05, 0.1) is 19.2 Å². The molecule has 0 unspecified atom stereocenters. The summed E-state index contributed by atoms with van der Waals surface area (Å²) in [5.74, 6) is 2.26. The summed E-state index contributed by atoms with van der Waals surface area (Å²) in [6, 6.07) is 1.90. The Bertz CT molecular complexity index is 397. The van der Waals surface area contributed by atoms with E-state index in [-0.39, 0.29) is 0 Å². The van der Waals surface area contributed by atoms with Crippen molar-refractivity contribution in [3.05, 3.63) is 22.2 Å². The minimum Gasteiger partial charge on any atom is -0.496 e. The third kappa shape index (κ3) is 1.86. The molecule has 0 saturated heterocycles. The number of methoxy groups -OCH3 is 2. The minimum atomic E-state index is 0.633. The lowest BCUT2D eigenvalue weighted by Gasteiger charge is -2.16. The first kappa shape index (κ1) is 11.6. The third-order valence-electron chi connectivity index (χ3n) is 3.11. The SMILES string of the molecule is CCc1c(Cl)c(OC)cc(OC)c1C1CC1. The van der Waals surface area contributed by atoms with E-state index in [1.807, 2.05) is 6.07 Å². The molecular formula is C13H17ClO2. The highest BCUT2D eigenvalue weighted by Crippen LogP contribution is 2.50. The molecule has 0 amide bonds. The van der Waals surface area contributed by atoms with E-state index in [9.17, 15) is 0 Å². The molecule has 1 aliphatic carbocycles. The molecule has 0 spiro atoms. The van der Waals surface area contributed by atoms with Gasteiger partial charge in [-0.3, -0.25) is 0 Å². The van der Waals surface area contributed by atoms with Crippen molar-refractivity contribution in [1.29, 1.82) is 0 Å². The van der Waals surface area contributed by atoms with Gasteiger partial charge in [0.15, 0.2) is 0 Å². The fourth-order valence-electron chi connectivity index (χ4n) is 2.16. The molecule has 0 aliphatic heterocycles. The van der Waals surface area contributed by atoms with Crippen molar-refractivity contribution in [2.24, 2.45) is 0 Å². The maximum atomic E-state index is 6.33. The fourth-order valence-corrected chi connectivity index (χ4v) is 2.53. The van der Waals surface area contributed by atoms with E-state index < -0.39 is 0 Å². The Labute approximate surface area is 102 Å². The second-order valence-corrected chi connectivity index (χ2v) is 4.49. The summed E-state index contributed by atoms with van der Waals surface area (Å²) in [6.45, 7) is 2.12. The van der Waals surface area contributed by atoms with Crippen LogP contribution in [0.1, 0.15) is 36.8 Å². The standard InChI is InChI=1S/C13H17ClO2/c1-4-9-12(8-5-6-8)10(15-2)7-11(16-3)13(9)14/h7-8H,4-6H2,1-3H3. The van der Waals surface area contributed by atoms with Crippen LogP contribution in [0.3, 0.4) is 0 Å². The lowest BCUT2D eigenvalue weighted by atomic mass is 9.99. The summed E-state index contributed by atoms with van der Waals surface area (Å²) < 4.78 is 10.7. The lowest BCUT2D eigenvalue weighted by Crippen LogP contribution is -1.99. The topological polar surface area (TPSA) is 18.5 Å². The molecule has 0 bridgehead atoms. The highest BCUT2D eigenvalue weighted by Gasteiger charge is 2.31. The molecule has 2 rings (SSSR count). The van der Waals surface area contributed by atoms with E-state index in [4.69, 9.17) is 21.1 Å². The average Bonchev–Trinajstić information content (AvgIpc) is 3.12. The number of rotatable bonds is 4. The quantitative estimate of drug-likeness (QED) is 0.797.